The molecule has 0 aliphatic heterocycles. The van der Waals surface area contributed by atoms with Gasteiger partial charge in [-0.2, -0.15) is 0 Å². The second kappa shape index (κ2) is 48.9. The van der Waals surface area contributed by atoms with E-state index in [0.29, 0.717) is 19.3 Å². The summed E-state index contributed by atoms with van der Waals surface area (Å²) >= 11 is 0. The zero-order valence-corrected chi connectivity index (χ0v) is 43.8. The Bertz CT molecular complexity index is 1370. The molecule has 0 aliphatic carbocycles. The molecule has 1 N–H and O–H groups in total. The van der Waals surface area contributed by atoms with Crippen molar-refractivity contribution in [3.05, 3.63) is 85.1 Å². The topological polar surface area (TPSA) is 99.1 Å². The van der Waals surface area contributed by atoms with Crippen LogP contribution in [0.15, 0.2) is 85.1 Å². The van der Waals surface area contributed by atoms with Gasteiger partial charge in [0.05, 0.1) is 34.4 Å². The number of likely N-dealkylation sites (N-methyl/N-ethyl adjacent to an activating group) is 1. The number of allylic oxidation sites excluding steroid dienone is 14. The van der Waals surface area contributed by atoms with E-state index < -0.39 is 18.1 Å². The highest BCUT2D eigenvalue weighted by molar-refractivity contribution is 5.72. The molecule has 0 saturated heterocycles. The van der Waals surface area contributed by atoms with Gasteiger partial charge in [0.15, 0.2) is 12.1 Å². The quantitative estimate of drug-likeness (QED) is 0.0281. The summed E-state index contributed by atoms with van der Waals surface area (Å²) in [6.07, 6.45) is 65.0. The summed E-state index contributed by atoms with van der Waals surface area (Å²) in [5.74, 6) is -1.54. The largest absolute Gasteiger partial charge is 0.477 e. The number of aliphatic carboxylic acids is 1. The summed E-state index contributed by atoms with van der Waals surface area (Å²) in [6.45, 7) is 4.58. The van der Waals surface area contributed by atoms with Crippen LogP contribution in [0.4, 0.5) is 0 Å². The van der Waals surface area contributed by atoms with Gasteiger partial charge in [0.2, 0.25) is 0 Å². The Morgan fingerprint density at radius 2 is 0.836 bits per heavy atom. The summed E-state index contributed by atoms with van der Waals surface area (Å²) in [7, 11) is 5.52. The monoisotopic (exact) mass is 937 g/mol. The summed E-state index contributed by atoms with van der Waals surface area (Å²) < 4.78 is 17.3. The second-order valence-electron chi connectivity index (χ2n) is 19.1. The number of quaternary nitrogens is 1. The third kappa shape index (κ3) is 47.4. The predicted octanol–water partition coefficient (Wildman–Crippen LogP) is 16.0. The van der Waals surface area contributed by atoms with Gasteiger partial charge in [-0.25, -0.2) is 4.79 Å². The average molecular weight is 937 g/mol. The molecule has 0 heterocycles. The molecule has 2 unspecified atom stereocenters. The molecule has 0 amide bonds. The highest BCUT2D eigenvalue weighted by atomic mass is 16.6. The fraction of sp³-hybridized carbons (Fsp3) is 0.712. The second-order valence-corrected chi connectivity index (χ2v) is 19.1. The van der Waals surface area contributed by atoms with E-state index in [-0.39, 0.29) is 42.7 Å². The first-order chi connectivity index (χ1) is 32.6. The number of carboxylic acids is 1. The molecule has 0 aromatic carbocycles. The molecule has 8 nitrogen and oxygen atoms in total. The van der Waals surface area contributed by atoms with Crippen LogP contribution in [-0.4, -0.2) is 80.6 Å². The van der Waals surface area contributed by atoms with Crippen molar-refractivity contribution >= 4 is 17.9 Å². The number of hydrogen-bond donors (Lipinski definition) is 1. The van der Waals surface area contributed by atoms with Crippen LogP contribution >= 0.6 is 0 Å². The van der Waals surface area contributed by atoms with E-state index in [2.05, 4.69) is 98.9 Å². The van der Waals surface area contributed by atoms with Gasteiger partial charge < -0.3 is 23.8 Å². The zero-order chi connectivity index (χ0) is 49.2. The summed E-state index contributed by atoms with van der Waals surface area (Å²) in [5, 5.41) is 9.67. The van der Waals surface area contributed by atoms with E-state index >= 15 is 0 Å². The number of carbonyl (C=O) groups is 3. The summed E-state index contributed by atoms with van der Waals surface area (Å²) in [4.78, 5) is 37.2. The average Bonchev–Trinajstić information content (AvgIpc) is 3.29. The number of hydrogen-bond acceptors (Lipinski definition) is 6. The van der Waals surface area contributed by atoms with Gasteiger partial charge in [-0.05, 0) is 64.2 Å². The van der Waals surface area contributed by atoms with Gasteiger partial charge in [-0.3, -0.25) is 9.59 Å². The molecule has 8 heteroatoms. The molecule has 0 aromatic rings. The minimum atomic E-state index is -0.883. The fourth-order valence-electron chi connectivity index (χ4n) is 7.67. The van der Waals surface area contributed by atoms with Gasteiger partial charge in [0, 0.05) is 19.3 Å². The highest BCUT2D eigenvalue weighted by Gasteiger charge is 2.31. The van der Waals surface area contributed by atoms with Crippen molar-refractivity contribution in [1.82, 2.24) is 0 Å². The molecule has 0 fully saturated rings. The molecule has 0 spiro atoms. The Balaban J connectivity index is 4.32. The number of carboxylic acid groups (broad SMARTS) is 1. The molecule has 0 radical (unpaired) electrons. The number of carbonyl (C=O) groups excluding carboxylic acids is 2. The van der Waals surface area contributed by atoms with Gasteiger partial charge in [0.25, 0.3) is 0 Å². The van der Waals surface area contributed by atoms with Crippen LogP contribution in [0.2, 0.25) is 0 Å². The van der Waals surface area contributed by atoms with Gasteiger partial charge >= 0.3 is 17.9 Å². The third-order valence-electron chi connectivity index (χ3n) is 11.8. The first kappa shape index (κ1) is 63.5. The molecular weight excluding hydrogens is 835 g/mol. The molecule has 0 bridgehead atoms. The number of unbranched alkanes of at least 4 members (excludes halogenated alkanes) is 20. The van der Waals surface area contributed by atoms with Crippen LogP contribution in [0.1, 0.15) is 219 Å². The fourth-order valence-corrected chi connectivity index (χ4v) is 7.67. The van der Waals surface area contributed by atoms with Crippen LogP contribution < -0.4 is 0 Å². The van der Waals surface area contributed by atoms with Crippen LogP contribution in [0.5, 0.6) is 0 Å². The minimum absolute atomic E-state index is 0.0408. The predicted molar refractivity (Wildman–Crippen MR) is 284 cm³/mol. The standard InChI is InChI=1S/C59H101NO7/c1-6-8-10-12-14-16-18-20-22-24-26-28-29-30-32-33-35-37-39-41-43-45-47-49-57(61)66-54-55(53-65-52-51-56(59(63)64)60(3,4)5)67-58(62)50-48-46-44-42-40-38-36-34-31-27-25-23-21-19-17-15-13-11-9-7-2/h8,10,14,16,20,22,26,28,30,32,35,37,41,43,55-56H,6-7,9,11-13,15,17-19,21,23-25,27,29,31,33-34,36,38-40,42,44-54H2,1-5H3/p+1/b10-8+,16-14+,22-20+,28-26+,32-30+,37-35+,43-41+. The smallest absolute Gasteiger partial charge is 0.362 e. The zero-order valence-electron chi connectivity index (χ0n) is 43.8. The summed E-state index contributed by atoms with van der Waals surface area (Å²) in [6, 6.07) is -0.627. The maximum Gasteiger partial charge on any atom is 0.362 e. The van der Waals surface area contributed by atoms with Gasteiger partial charge in [-0.1, -0.05) is 221 Å². The maximum absolute atomic E-state index is 12.8. The van der Waals surface area contributed by atoms with Crippen molar-refractivity contribution in [2.45, 2.75) is 231 Å². The van der Waals surface area contributed by atoms with Crippen LogP contribution in [0.25, 0.3) is 0 Å². The Morgan fingerprint density at radius 1 is 0.463 bits per heavy atom. The number of esters is 2. The van der Waals surface area contributed by atoms with E-state index in [4.69, 9.17) is 14.2 Å². The lowest BCUT2D eigenvalue weighted by Gasteiger charge is -2.31. The number of rotatable bonds is 48. The van der Waals surface area contributed by atoms with Crippen molar-refractivity contribution in [2.75, 3.05) is 41.0 Å². The van der Waals surface area contributed by atoms with Crippen molar-refractivity contribution in [3.8, 4) is 0 Å². The van der Waals surface area contributed by atoms with E-state index in [1.54, 1.807) is 0 Å². The molecule has 384 valence electrons. The van der Waals surface area contributed by atoms with Crippen LogP contribution in [-0.2, 0) is 28.6 Å². The number of nitrogens with zero attached hydrogens (tertiary/aromatic N) is 1. The van der Waals surface area contributed by atoms with Gasteiger partial charge in [0.1, 0.15) is 6.61 Å². The van der Waals surface area contributed by atoms with Crippen molar-refractivity contribution in [1.29, 1.82) is 0 Å². The first-order valence-electron chi connectivity index (χ1n) is 27.1. The summed E-state index contributed by atoms with van der Waals surface area (Å²) in [5.41, 5.74) is 0. The molecule has 0 saturated carbocycles. The molecule has 2 atom stereocenters. The molecule has 0 aromatic heterocycles. The molecule has 0 rings (SSSR count). The molecule has 67 heavy (non-hydrogen) atoms. The van der Waals surface area contributed by atoms with Crippen molar-refractivity contribution in [2.24, 2.45) is 0 Å². The van der Waals surface area contributed by atoms with Crippen LogP contribution in [0, 0.1) is 0 Å². The Kier molecular flexibility index (Phi) is 46.4. The van der Waals surface area contributed by atoms with E-state index in [9.17, 15) is 19.5 Å². The Hall–Kier alpha value is -3.49. The lowest BCUT2D eigenvalue weighted by molar-refractivity contribution is -0.887. The lowest BCUT2D eigenvalue weighted by atomic mass is 10.0. The third-order valence-corrected chi connectivity index (χ3v) is 11.8. The van der Waals surface area contributed by atoms with E-state index in [1.807, 2.05) is 21.1 Å². The lowest BCUT2D eigenvalue weighted by Crippen LogP contribution is -2.50. The van der Waals surface area contributed by atoms with Crippen molar-refractivity contribution < 1.29 is 38.2 Å². The molecule has 0 aliphatic rings. The van der Waals surface area contributed by atoms with E-state index in [0.717, 1.165) is 70.6 Å². The Morgan fingerprint density at radius 3 is 1.22 bits per heavy atom. The van der Waals surface area contributed by atoms with E-state index in [1.165, 1.54) is 109 Å². The minimum Gasteiger partial charge on any atom is -0.477 e. The highest BCUT2D eigenvalue weighted by Crippen LogP contribution is 2.16. The van der Waals surface area contributed by atoms with Crippen molar-refractivity contribution in [3.63, 3.8) is 0 Å². The number of ether oxygens (including phenoxy) is 3. The SMILES string of the molecule is CC/C=C/C/C=C/C/C=C/C/C=C/C/C=C/C/C=C/C/C=C/CCCC(=O)OCC(COCCC(C(=O)O)[N+](C)(C)C)OC(=O)CCCCCCCCCCCCCCCCCCCCCC. The van der Waals surface area contributed by atoms with Gasteiger partial charge in [-0.15, -0.1) is 0 Å². The Labute approximate surface area is 412 Å². The molecular formula is C59H102NO7+. The van der Waals surface area contributed by atoms with Crippen LogP contribution in [0.3, 0.4) is 0 Å². The first-order valence-corrected chi connectivity index (χ1v) is 27.1. The normalized spacial score (nSPS) is 13.5. The maximum atomic E-state index is 12.8.